The number of halogens is 2. The predicted octanol–water partition coefficient (Wildman–Crippen LogP) is 1.05. The summed E-state index contributed by atoms with van der Waals surface area (Å²) in [5.74, 6) is -3.89. The maximum absolute atomic E-state index is 13.8. The molecule has 0 saturated carbocycles. The highest BCUT2D eigenvalue weighted by Gasteiger charge is 2.26. The number of phenols is 1. The molecule has 0 saturated heterocycles. The van der Waals surface area contributed by atoms with E-state index in [4.69, 9.17) is 5.73 Å². The van der Waals surface area contributed by atoms with Gasteiger partial charge in [-0.15, -0.1) is 0 Å². The zero-order valence-electron chi connectivity index (χ0n) is 9.61. The Morgan fingerprint density at radius 2 is 2.00 bits per heavy atom. The first kappa shape index (κ1) is 13.3. The van der Waals surface area contributed by atoms with Gasteiger partial charge in [0.1, 0.15) is 16.5 Å². The predicted molar refractivity (Wildman–Crippen MR) is 63.1 cm³/mol. The molecule has 0 atom stereocenters. The lowest BCUT2D eigenvalue weighted by Crippen LogP contribution is -2.05. The van der Waals surface area contributed by atoms with Crippen molar-refractivity contribution in [2.24, 2.45) is 0 Å². The topological polar surface area (TPSA) is 109 Å². The van der Waals surface area contributed by atoms with Gasteiger partial charge in [0.25, 0.3) is 0 Å². The normalized spacial score (nSPS) is 11.7. The van der Waals surface area contributed by atoms with E-state index in [1.807, 2.05) is 0 Å². The molecule has 19 heavy (non-hydrogen) atoms. The number of aromatic hydroxyl groups is 1. The molecule has 0 unspecified atom stereocenters. The fraction of sp³-hybridized carbons (Fsp3) is 0.100. The minimum absolute atomic E-state index is 0.0128. The highest BCUT2D eigenvalue weighted by Crippen LogP contribution is 2.38. The molecule has 6 nitrogen and oxygen atoms in total. The number of aromatic amines is 1. The van der Waals surface area contributed by atoms with Crippen molar-refractivity contribution < 1.29 is 22.3 Å². The van der Waals surface area contributed by atoms with Crippen molar-refractivity contribution in [3.63, 3.8) is 0 Å². The van der Waals surface area contributed by atoms with Crippen molar-refractivity contribution in [2.45, 2.75) is 4.90 Å². The second-order valence-corrected chi connectivity index (χ2v) is 5.82. The van der Waals surface area contributed by atoms with E-state index in [1.165, 1.54) is 0 Å². The van der Waals surface area contributed by atoms with Gasteiger partial charge in [-0.05, 0) is 6.07 Å². The average Bonchev–Trinajstić information content (AvgIpc) is 2.68. The molecular weight excluding hydrogens is 280 g/mol. The van der Waals surface area contributed by atoms with Gasteiger partial charge in [-0.25, -0.2) is 17.2 Å². The maximum atomic E-state index is 13.8. The Morgan fingerprint density at radius 1 is 1.37 bits per heavy atom. The molecule has 0 amide bonds. The second kappa shape index (κ2) is 4.19. The number of phenolic OH excluding ortho intramolecular Hbond substituents is 1. The zero-order chi connectivity index (χ0) is 14.4. The third kappa shape index (κ3) is 2.12. The van der Waals surface area contributed by atoms with Gasteiger partial charge in [0, 0.05) is 17.4 Å². The van der Waals surface area contributed by atoms with Gasteiger partial charge in [0.15, 0.2) is 21.4 Å². The van der Waals surface area contributed by atoms with Crippen LogP contribution in [0.4, 0.5) is 14.6 Å². The van der Waals surface area contributed by atoms with Crippen LogP contribution in [0.3, 0.4) is 0 Å². The van der Waals surface area contributed by atoms with Gasteiger partial charge in [-0.3, -0.25) is 5.10 Å². The Morgan fingerprint density at radius 3 is 2.47 bits per heavy atom. The molecule has 1 aromatic heterocycles. The van der Waals surface area contributed by atoms with Crippen LogP contribution in [0, 0.1) is 11.6 Å². The average molecular weight is 289 g/mol. The number of hydrogen-bond acceptors (Lipinski definition) is 5. The third-order valence-corrected chi connectivity index (χ3v) is 3.60. The molecule has 0 fully saturated rings. The van der Waals surface area contributed by atoms with Gasteiger partial charge >= 0.3 is 0 Å². The number of benzene rings is 1. The summed E-state index contributed by atoms with van der Waals surface area (Å²) in [4.78, 5) is -1.18. The summed E-state index contributed by atoms with van der Waals surface area (Å²) in [6.07, 6.45) is 1.79. The Labute approximate surface area is 106 Å². The molecule has 2 aromatic rings. The zero-order valence-corrected chi connectivity index (χ0v) is 10.4. The van der Waals surface area contributed by atoms with Crippen molar-refractivity contribution >= 4 is 15.7 Å². The molecule has 0 radical (unpaired) electrons. The van der Waals surface area contributed by atoms with E-state index in [1.54, 1.807) is 0 Å². The summed E-state index contributed by atoms with van der Waals surface area (Å²) in [5.41, 5.74) is 5.25. The summed E-state index contributed by atoms with van der Waals surface area (Å²) < 4.78 is 50.0. The number of nitrogens with two attached hydrogens (primary N) is 1. The van der Waals surface area contributed by atoms with E-state index in [-0.39, 0.29) is 16.9 Å². The largest absolute Gasteiger partial charge is 0.504 e. The molecule has 0 spiro atoms. The van der Waals surface area contributed by atoms with Gasteiger partial charge in [0.2, 0.25) is 0 Å². The first-order chi connectivity index (χ1) is 8.73. The molecular formula is C10H9F2N3O3S. The van der Waals surface area contributed by atoms with Crippen LogP contribution in [-0.4, -0.2) is 30.0 Å². The van der Waals surface area contributed by atoms with E-state index in [0.29, 0.717) is 12.3 Å². The van der Waals surface area contributed by atoms with Crippen molar-refractivity contribution in [2.75, 3.05) is 12.0 Å². The molecule has 1 aromatic carbocycles. The second-order valence-electron chi connectivity index (χ2n) is 3.87. The number of hydrogen-bond donors (Lipinski definition) is 3. The van der Waals surface area contributed by atoms with Crippen LogP contribution in [0.5, 0.6) is 5.75 Å². The molecule has 2 rings (SSSR count). The Balaban J connectivity index is 2.80. The summed E-state index contributed by atoms with van der Waals surface area (Å²) in [7, 11) is -4.15. The molecule has 0 aliphatic rings. The first-order valence-electron chi connectivity index (χ1n) is 4.93. The lowest BCUT2D eigenvalue weighted by molar-refractivity contribution is 0.415. The Hall–Kier alpha value is -2.16. The minimum Gasteiger partial charge on any atom is -0.504 e. The summed E-state index contributed by atoms with van der Waals surface area (Å²) >= 11 is 0. The van der Waals surface area contributed by atoms with Gasteiger partial charge < -0.3 is 10.8 Å². The Kier molecular flexibility index (Phi) is 2.93. The van der Waals surface area contributed by atoms with Crippen molar-refractivity contribution in [1.29, 1.82) is 0 Å². The van der Waals surface area contributed by atoms with Crippen LogP contribution in [0.15, 0.2) is 17.2 Å². The smallest absolute Gasteiger partial charge is 0.187 e. The number of nitrogen functional groups attached to an aromatic ring is 1. The van der Waals surface area contributed by atoms with Crippen LogP contribution in [0.2, 0.25) is 0 Å². The number of sulfone groups is 1. The first-order valence-corrected chi connectivity index (χ1v) is 6.83. The Bertz CT molecular complexity index is 756. The number of aromatic nitrogens is 2. The number of nitrogens with zero attached hydrogens (tertiary/aromatic N) is 1. The van der Waals surface area contributed by atoms with Gasteiger partial charge in [-0.1, -0.05) is 0 Å². The molecule has 0 aliphatic carbocycles. The lowest BCUT2D eigenvalue weighted by Gasteiger charge is -2.09. The fourth-order valence-electron chi connectivity index (χ4n) is 1.65. The molecule has 9 heteroatoms. The highest BCUT2D eigenvalue weighted by molar-refractivity contribution is 7.90. The standard InChI is InChI=1S/C10H9F2N3O3S/c1-19(17,18)9-6(11)2-4(8(16)7(9)12)5-3-14-15-10(5)13/h2-3,16H,1H3,(H3,13,14,15). The molecule has 0 aliphatic heterocycles. The van der Waals surface area contributed by atoms with Crippen LogP contribution in [0.1, 0.15) is 0 Å². The van der Waals surface area contributed by atoms with Gasteiger partial charge in [-0.2, -0.15) is 5.10 Å². The molecule has 4 N–H and O–H groups in total. The minimum atomic E-state index is -4.15. The third-order valence-electron chi connectivity index (χ3n) is 2.48. The lowest BCUT2D eigenvalue weighted by atomic mass is 10.1. The maximum Gasteiger partial charge on any atom is 0.187 e. The summed E-state index contributed by atoms with van der Waals surface area (Å²) in [6, 6.07) is 0.690. The van der Waals surface area contributed by atoms with E-state index < -0.39 is 32.1 Å². The van der Waals surface area contributed by atoms with Crippen molar-refractivity contribution in [3.05, 3.63) is 23.9 Å². The van der Waals surface area contributed by atoms with Gasteiger partial charge in [0.05, 0.1) is 6.20 Å². The molecule has 1 heterocycles. The SMILES string of the molecule is CS(=O)(=O)c1c(F)cc(-c2cn[nH]c2N)c(O)c1F. The van der Waals surface area contributed by atoms with Crippen molar-refractivity contribution in [1.82, 2.24) is 10.2 Å². The number of nitrogens with one attached hydrogen (secondary N) is 1. The van der Waals surface area contributed by atoms with Crippen LogP contribution in [0.25, 0.3) is 11.1 Å². The van der Waals surface area contributed by atoms with Crippen LogP contribution in [-0.2, 0) is 9.84 Å². The quantitative estimate of drug-likeness (QED) is 0.765. The number of H-pyrrole nitrogens is 1. The number of rotatable bonds is 2. The van der Waals surface area contributed by atoms with Crippen LogP contribution >= 0.6 is 0 Å². The fourth-order valence-corrected chi connectivity index (χ4v) is 2.48. The molecule has 102 valence electrons. The van der Waals surface area contributed by atoms with E-state index in [9.17, 15) is 22.3 Å². The van der Waals surface area contributed by atoms with E-state index in [2.05, 4.69) is 10.2 Å². The van der Waals surface area contributed by atoms with Crippen LogP contribution < -0.4 is 5.73 Å². The van der Waals surface area contributed by atoms with E-state index >= 15 is 0 Å². The molecule has 0 bridgehead atoms. The number of anilines is 1. The summed E-state index contributed by atoms with van der Waals surface area (Å²) in [6.45, 7) is 0. The van der Waals surface area contributed by atoms with E-state index in [0.717, 1.165) is 6.20 Å². The highest BCUT2D eigenvalue weighted by atomic mass is 32.2. The monoisotopic (exact) mass is 289 g/mol. The van der Waals surface area contributed by atoms with Crippen molar-refractivity contribution in [3.8, 4) is 16.9 Å². The summed E-state index contributed by atoms with van der Waals surface area (Å²) in [5, 5.41) is 15.5.